The summed E-state index contributed by atoms with van der Waals surface area (Å²) in [5, 5.41) is 8.86. The molecule has 0 saturated carbocycles. The van der Waals surface area contributed by atoms with Crippen molar-refractivity contribution in [2.45, 2.75) is 45.3 Å². The molecule has 1 unspecified atom stereocenters. The average Bonchev–Trinajstić information content (AvgIpc) is 1.97. The van der Waals surface area contributed by atoms with Crippen LogP contribution in [-0.2, 0) is 4.74 Å². The summed E-state index contributed by atoms with van der Waals surface area (Å²) in [6.07, 6.45) is 0.329. The van der Waals surface area contributed by atoms with E-state index in [1.807, 2.05) is 20.8 Å². The molecule has 1 heterocycles. The van der Waals surface area contributed by atoms with E-state index in [2.05, 4.69) is 6.07 Å². The molecule has 4 heteroatoms. The van der Waals surface area contributed by atoms with Gasteiger partial charge in [-0.15, -0.1) is 0 Å². The van der Waals surface area contributed by atoms with Gasteiger partial charge in [0, 0.05) is 13.0 Å². The van der Waals surface area contributed by atoms with Crippen molar-refractivity contribution in [3.63, 3.8) is 0 Å². The Bertz CT molecular complexity index is 287. The second kappa shape index (κ2) is 3.16. The van der Waals surface area contributed by atoms with Gasteiger partial charge in [-0.1, -0.05) is 0 Å². The fraction of sp³-hybridized carbons (Fsp3) is 0.800. The SMILES string of the molecule is CC(C)(C)OC(=O)N1CCC1(C)C#N. The fourth-order valence-electron chi connectivity index (χ4n) is 1.29. The van der Waals surface area contributed by atoms with Gasteiger partial charge in [0.2, 0.25) is 0 Å². The highest BCUT2D eigenvalue weighted by atomic mass is 16.6. The van der Waals surface area contributed by atoms with Crippen LogP contribution in [0, 0.1) is 11.3 Å². The van der Waals surface area contributed by atoms with Gasteiger partial charge in [0.05, 0.1) is 6.07 Å². The van der Waals surface area contributed by atoms with E-state index in [4.69, 9.17) is 10.00 Å². The molecule has 0 aliphatic carbocycles. The van der Waals surface area contributed by atoms with Crippen LogP contribution in [0.1, 0.15) is 34.1 Å². The molecule has 1 rings (SSSR count). The van der Waals surface area contributed by atoms with Gasteiger partial charge in [-0.25, -0.2) is 4.79 Å². The first-order valence-electron chi connectivity index (χ1n) is 4.70. The van der Waals surface area contributed by atoms with Gasteiger partial charge in [-0.05, 0) is 27.7 Å². The summed E-state index contributed by atoms with van der Waals surface area (Å²) in [6.45, 7) is 7.80. The Hall–Kier alpha value is -1.24. The first-order valence-corrected chi connectivity index (χ1v) is 4.70. The van der Waals surface area contributed by atoms with E-state index in [0.29, 0.717) is 6.54 Å². The maximum absolute atomic E-state index is 11.6. The van der Waals surface area contributed by atoms with Crippen molar-refractivity contribution in [1.82, 2.24) is 4.90 Å². The minimum absolute atomic E-state index is 0.396. The van der Waals surface area contributed by atoms with E-state index in [9.17, 15) is 4.79 Å². The molecule has 78 valence electrons. The topological polar surface area (TPSA) is 53.3 Å². The van der Waals surface area contributed by atoms with Crippen LogP contribution in [0.3, 0.4) is 0 Å². The van der Waals surface area contributed by atoms with E-state index in [1.165, 1.54) is 4.90 Å². The van der Waals surface area contributed by atoms with Crippen molar-refractivity contribution in [2.75, 3.05) is 6.54 Å². The van der Waals surface area contributed by atoms with E-state index in [-0.39, 0.29) is 0 Å². The third kappa shape index (κ3) is 1.98. The van der Waals surface area contributed by atoms with Gasteiger partial charge in [0.15, 0.2) is 0 Å². The van der Waals surface area contributed by atoms with Crippen molar-refractivity contribution in [1.29, 1.82) is 5.26 Å². The molecule has 1 aliphatic rings. The second-order valence-corrected chi connectivity index (χ2v) is 4.77. The quantitative estimate of drug-likeness (QED) is 0.594. The Kier molecular flexibility index (Phi) is 2.45. The van der Waals surface area contributed by atoms with Gasteiger partial charge < -0.3 is 4.74 Å². The van der Waals surface area contributed by atoms with Gasteiger partial charge in [0.25, 0.3) is 0 Å². The summed E-state index contributed by atoms with van der Waals surface area (Å²) in [6, 6.07) is 2.12. The highest BCUT2D eigenvalue weighted by molar-refractivity contribution is 5.71. The van der Waals surface area contributed by atoms with Crippen LogP contribution in [0.4, 0.5) is 4.79 Å². The van der Waals surface area contributed by atoms with Crippen molar-refractivity contribution in [2.24, 2.45) is 0 Å². The lowest BCUT2D eigenvalue weighted by atomic mass is 9.89. The third-order valence-electron chi connectivity index (χ3n) is 2.27. The van der Waals surface area contributed by atoms with Crippen molar-refractivity contribution in [3.05, 3.63) is 0 Å². The summed E-state index contributed by atoms with van der Waals surface area (Å²) in [5.74, 6) is 0. The monoisotopic (exact) mass is 196 g/mol. The number of carbonyl (C=O) groups is 1. The van der Waals surface area contributed by atoms with Gasteiger partial charge in [-0.2, -0.15) is 5.26 Å². The van der Waals surface area contributed by atoms with Crippen molar-refractivity contribution in [3.8, 4) is 6.07 Å². The zero-order valence-electron chi connectivity index (χ0n) is 9.13. The van der Waals surface area contributed by atoms with Gasteiger partial charge in [0.1, 0.15) is 11.1 Å². The van der Waals surface area contributed by atoms with Crippen molar-refractivity contribution >= 4 is 6.09 Å². The Morgan fingerprint density at radius 3 is 2.43 bits per heavy atom. The Morgan fingerprint density at radius 2 is 2.14 bits per heavy atom. The Labute approximate surface area is 84.4 Å². The van der Waals surface area contributed by atoms with Gasteiger partial charge >= 0.3 is 6.09 Å². The first-order chi connectivity index (χ1) is 6.28. The number of carbonyl (C=O) groups excluding carboxylic acids is 1. The Balaban J connectivity index is 2.61. The van der Waals surface area contributed by atoms with Gasteiger partial charge in [-0.3, -0.25) is 4.90 Å². The fourth-order valence-corrected chi connectivity index (χ4v) is 1.29. The first kappa shape index (κ1) is 10.8. The normalized spacial score (nSPS) is 26.4. The molecule has 1 aliphatic heterocycles. The molecular formula is C10H16N2O2. The zero-order valence-corrected chi connectivity index (χ0v) is 9.13. The summed E-state index contributed by atoms with van der Waals surface area (Å²) in [4.78, 5) is 13.0. The molecule has 0 aromatic rings. The molecule has 0 bridgehead atoms. The minimum Gasteiger partial charge on any atom is -0.444 e. The second-order valence-electron chi connectivity index (χ2n) is 4.77. The van der Waals surface area contributed by atoms with E-state index >= 15 is 0 Å². The molecule has 4 nitrogen and oxygen atoms in total. The highest BCUT2D eigenvalue weighted by Crippen LogP contribution is 2.30. The van der Waals surface area contributed by atoms with E-state index in [1.54, 1.807) is 6.92 Å². The molecule has 1 saturated heterocycles. The number of hydrogen-bond acceptors (Lipinski definition) is 3. The number of nitrogens with zero attached hydrogens (tertiary/aromatic N) is 2. The molecule has 1 fully saturated rings. The third-order valence-corrected chi connectivity index (χ3v) is 2.27. The molecule has 0 aromatic heterocycles. The summed E-state index contributed by atoms with van der Waals surface area (Å²) in [5.41, 5.74) is -1.16. The smallest absolute Gasteiger partial charge is 0.411 e. The molecule has 14 heavy (non-hydrogen) atoms. The van der Waals surface area contributed by atoms with Crippen LogP contribution in [0.5, 0.6) is 0 Å². The van der Waals surface area contributed by atoms with E-state index in [0.717, 1.165) is 6.42 Å². The molecule has 1 amide bonds. The van der Waals surface area contributed by atoms with Crippen LogP contribution in [0.15, 0.2) is 0 Å². The number of ether oxygens (including phenoxy) is 1. The predicted molar refractivity (Wildman–Crippen MR) is 51.6 cm³/mol. The maximum atomic E-state index is 11.6. The molecule has 0 spiro atoms. The predicted octanol–water partition coefficient (Wildman–Crippen LogP) is 1.91. The maximum Gasteiger partial charge on any atom is 0.411 e. The van der Waals surface area contributed by atoms with Crippen LogP contribution >= 0.6 is 0 Å². The average molecular weight is 196 g/mol. The Morgan fingerprint density at radius 1 is 1.57 bits per heavy atom. The number of amides is 1. The number of rotatable bonds is 0. The van der Waals surface area contributed by atoms with Crippen LogP contribution in [0.25, 0.3) is 0 Å². The minimum atomic E-state index is -0.664. The lowest BCUT2D eigenvalue weighted by molar-refractivity contribution is -0.0189. The van der Waals surface area contributed by atoms with Crippen molar-refractivity contribution < 1.29 is 9.53 Å². The molecule has 1 atom stereocenters. The lowest BCUT2D eigenvalue weighted by Gasteiger charge is -2.45. The number of likely N-dealkylation sites (tertiary alicyclic amines) is 1. The summed E-state index contributed by atoms with van der Waals surface area (Å²) in [7, 11) is 0. The van der Waals surface area contributed by atoms with Crippen LogP contribution in [0.2, 0.25) is 0 Å². The lowest BCUT2D eigenvalue weighted by Crippen LogP contribution is -2.60. The summed E-state index contributed by atoms with van der Waals surface area (Å²) >= 11 is 0. The molecular weight excluding hydrogens is 180 g/mol. The zero-order chi connectivity index (χ0) is 11.0. The molecule has 0 N–H and O–H groups in total. The number of nitriles is 1. The molecule has 0 aromatic carbocycles. The van der Waals surface area contributed by atoms with Crippen LogP contribution < -0.4 is 0 Å². The number of hydrogen-bond donors (Lipinski definition) is 0. The standard InChI is InChI=1S/C10H16N2O2/c1-9(2,3)14-8(13)12-6-5-10(12,4)7-11/h5-6H2,1-4H3. The van der Waals surface area contributed by atoms with E-state index < -0.39 is 17.2 Å². The van der Waals surface area contributed by atoms with Crippen LogP contribution in [-0.4, -0.2) is 28.7 Å². The largest absolute Gasteiger partial charge is 0.444 e. The summed E-state index contributed by atoms with van der Waals surface area (Å²) < 4.78 is 5.17. The highest BCUT2D eigenvalue weighted by Gasteiger charge is 2.45. The molecule has 0 radical (unpaired) electrons.